The van der Waals surface area contributed by atoms with Crippen LogP contribution in [0.5, 0.6) is 11.5 Å². The summed E-state index contributed by atoms with van der Waals surface area (Å²) in [4.78, 5) is 30.9. The van der Waals surface area contributed by atoms with Crippen molar-refractivity contribution in [2.75, 3.05) is 17.4 Å². The summed E-state index contributed by atoms with van der Waals surface area (Å²) in [6.45, 7) is 2.16. The van der Waals surface area contributed by atoms with Gasteiger partial charge in [0.15, 0.2) is 16.6 Å². The van der Waals surface area contributed by atoms with Gasteiger partial charge in [-0.2, -0.15) is 0 Å². The zero-order chi connectivity index (χ0) is 20.7. The van der Waals surface area contributed by atoms with E-state index in [1.165, 1.54) is 11.3 Å². The first-order valence-electron chi connectivity index (χ1n) is 9.65. The van der Waals surface area contributed by atoms with Gasteiger partial charge < -0.3 is 14.8 Å². The molecule has 0 saturated carbocycles. The lowest BCUT2D eigenvalue weighted by molar-refractivity contribution is -0.117. The number of thiazole rings is 1. The lowest BCUT2D eigenvalue weighted by Gasteiger charge is -2.11. The SMILES string of the molecule is Cc1ccc(C(=O)Nc2nc3c(s2)CCC3C(=O)Nc2ccc3c(c2)OCO3)cc1. The molecule has 0 bridgehead atoms. The Labute approximate surface area is 177 Å². The van der Waals surface area contributed by atoms with Gasteiger partial charge in [-0.1, -0.05) is 17.7 Å². The maximum atomic E-state index is 12.9. The Balaban J connectivity index is 1.28. The molecule has 2 aromatic carbocycles. The molecule has 7 nitrogen and oxygen atoms in total. The van der Waals surface area contributed by atoms with Crippen LogP contribution in [0.2, 0.25) is 0 Å². The second-order valence-corrected chi connectivity index (χ2v) is 8.38. The van der Waals surface area contributed by atoms with Crippen LogP contribution in [0.15, 0.2) is 42.5 Å². The van der Waals surface area contributed by atoms with Gasteiger partial charge in [-0.15, -0.1) is 11.3 Å². The van der Waals surface area contributed by atoms with Crippen molar-refractivity contribution in [3.63, 3.8) is 0 Å². The van der Waals surface area contributed by atoms with E-state index in [2.05, 4.69) is 15.6 Å². The fourth-order valence-corrected chi connectivity index (χ4v) is 4.65. The molecule has 2 heterocycles. The van der Waals surface area contributed by atoms with E-state index in [1.54, 1.807) is 30.3 Å². The fraction of sp³-hybridized carbons (Fsp3) is 0.227. The Morgan fingerprint density at radius 1 is 1.07 bits per heavy atom. The average molecular weight is 421 g/mol. The van der Waals surface area contributed by atoms with Crippen LogP contribution in [0.25, 0.3) is 0 Å². The summed E-state index contributed by atoms with van der Waals surface area (Å²) < 4.78 is 10.7. The molecule has 1 atom stereocenters. The van der Waals surface area contributed by atoms with Crippen LogP contribution in [0.3, 0.4) is 0 Å². The Morgan fingerprint density at radius 3 is 2.70 bits per heavy atom. The van der Waals surface area contributed by atoms with Gasteiger partial charge in [-0.05, 0) is 44.0 Å². The number of hydrogen-bond acceptors (Lipinski definition) is 6. The van der Waals surface area contributed by atoms with E-state index >= 15 is 0 Å². The third-order valence-electron chi connectivity index (χ3n) is 5.21. The van der Waals surface area contributed by atoms with Crippen LogP contribution in [0.4, 0.5) is 10.8 Å². The number of benzene rings is 2. The summed E-state index contributed by atoms with van der Waals surface area (Å²) in [5.41, 5.74) is 3.07. The monoisotopic (exact) mass is 421 g/mol. The molecular formula is C22H19N3O4S. The molecule has 8 heteroatoms. The number of ether oxygens (including phenoxy) is 2. The maximum Gasteiger partial charge on any atom is 0.257 e. The molecule has 1 unspecified atom stereocenters. The quantitative estimate of drug-likeness (QED) is 0.662. The first-order valence-corrected chi connectivity index (χ1v) is 10.5. The van der Waals surface area contributed by atoms with Crippen molar-refractivity contribution in [2.24, 2.45) is 0 Å². The van der Waals surface area contributed by atoms with Crippen LogP contribution in [-0.2, 0) is 11.2 Å². The lowest BCUT2D eigenvalue weighted by atomic mass is 10.1. The van der Waals surface area contributed by atoms with Crippen LogP contribution in [-0.4, -0.2) is 23.6 Å². The predicted molar refractivity (Wildman–Crippen MR) is 114 cm³/mol. The first-order chi connectivity index (χ1) is 14.6. The number of hydrogen-bond donors (Lipinski definition) is 2. The highest BCUT2D eigenvalue weighted by molar-refractivity contribution is 7.16. The van der Waals surface area contributed by atoms with Gasteiger partial charge in [-0.3, -0.25) is 14.9 Å². The number of carbonyl (C=O) groups is 2. The van der Waals surface area contributed by atoms with E-state index in [0.29, 0.717) is 34.3 Å². The Kier molecular flexibility index (Phi) is 4.63. The molecule has 0 saturated heterocycles. The van der Waals surface area contributed by atoms with Crippen molar-refractivity contribution in [2.45, 2.75) is 25.7 Å². The van der Waals surface area contributed by atoms with Crippen molar-refractivity contribution in [1.29, 1.82) is 0 Å². The Hall–Kier alpha value is -3.39. The molecule has 2 N–H and O–H groups in total. The molecule has 1 aliphatic heterocycles. The molecule has 0 radical (unpaired) electrons. The van der Waals surface area contributed by atoms with Crippen molar-refractivity contribution >= 4 is 34.0 Å². The van der Waals surface area contributed by atoms with E-state index in [4.69, 9.17) is 9.47 Å². The van der Waals surface area contributed by atoms with Crippen molar-refractivity contribution in [3.05, 3.63) is 64.2 Å². The van der Waals surface area contributed by atoms with E-state index in [9.17, 15) is 9.59 Å². The molecule has 30 heavy (non-hydrogen) atoms. The second kappa shape index (κ2) is 7.46. The Morgan fingerprint density at radius 2 is 1.87 bits per heavy atom. The summed E-state index contributed by atoms with van der Waals surface area (Å²) >= 11 is 1.43. The number of fused-ring (bicyclic) bond motifs is 2. The smallest absolute Gasteiger partial charge is 0.257 e. The third-order valence-corrected chi connectivity index (χ3v) is 6.25. The summed E-state index contributed by atoms with van der Waals surface area (Å²) in [5.74, 6) is 0.629. The minimum Gasteiger partial charge on any atom is -0.454 e. The van der Waals surface area contributed by atoms with E-state index in [1.807, 2.05) is 19.1 Å². The van der Waals surface area contributed by atoms with E-state index in [-0.39, 0.29) is 24.5 Å². The molecule has 1 aliphatic carbocycles. The zero-order valence-corrected chi connectivity index (χ0v) is 17.0. The van der Waals surface area contributed by atoms with E-state index in [0.717, 1.165) is 22.6 Å². The molecule has 2 amide bonds. The van der Waals surface area contributed by atoms with Crippen LogP contribution in [0.1, 0.15) is 38.8 Å². The van der Waals surface area contributed by atoms with Crippen molar-refractivity contribution in [1.82, 2.24) is 4.98 Å². The summed E-state index contributed by atoms with van der Waals surface area (Å²) in [5, 5.41) is 6.31. The lowest BCUT2D eigenvalue weighted by Crippen LogP contribution is -2.20. The minimum atomic E-state index is -0.341. The zero-order valence-electron chi connectivity index (χ0n) is 16.2. The number of rotatable bonds is 4. The van der Waals surface area contributed by atoms with Crippen molar-refractivity contribution in [3.8, 4) is 11.5 Å². The number of anilines is 2. The predicted octanol–water partition coefficient (Wildman–Crippen LogP) is 4.10. The van der Waals surface area contributed by atoms with Gasteiger partial charge in [0.1, 0.15) is 0 Å². The second-order valence-electron chi connectivity index (χ2n) is 7.30. The van der Waals surface area contributed by atoms with Crippen molar-refractivity contribution < 1.29 is 19.1 Å². The molecule has 0 fully saturated rings. The van der Waals surface area contributed by atoms with E-state index < -0.39 is 0 Å². The topological polar surface area (TPSA) is 89.6 Å². The largest absolute Gasteiger partial charge is 0.454 e. The number of nitrogens with one attached hydrogen (secondary N) is 2. The summed E-state index contributed by atoms with van der Waals surface area (Å²) in [6.07, 6.45) is 1.48. The number of aromatic nitrogens is 1. The number of amides is 2. The van der Waals surface area contributed by atoms with Crippen LogP contribution < -0.4 is 20.1 Å². The van der Waals surface area contributed by atoms with Gasteiger partial charge in [0.05, 0.1) is 11.6 Å². The normalized spacial score (nSPS) is 16.2. The Bertz CT molecular complexity index is 1140. The standard InChI is InChI=1S/C22H19N3O4S/c1-12-2-4-13(5-3-12)20(26)25-22-24-19-15(7-9-18(19)30-22)21(27)23-14-6-8-16-17(10-14)29-11-28-16/h2-6,8,10,15H,7,9,11H2,1H3,(H,23,27)(H,24,25,26). The third kappa shape index (κ3) is 3.50. The highest BCUT2D eigenvalue weighted by atomic mass is 32.1. The fourth-order valence-electron chi connectivity index (χ4n) is 3.61. The average Bonchev–Trinajstić information content (AvgIpc) is 3.43. The molecular weight excluding hydrogens is 402 g/mol. The highest BCUT2D eigenvalue weighted by Crippen LogP contribution is 2.40. The van der Waals surface area contributed by atoms with Gasteiger partial charge in [-0.25, -0.2) is 4.98 Å². The minimum absolute atomic E-state index is 0.116. The van der Waals surface area contributed by atoms with Gasteiger partial charge >= 0.3 is 0 Å². The highest BCUT2D eigenvalue weighted by Gasteiger charge is 2.33. The first kappa shape index (κ1) is 18.6. The maximum absolute atomic E-state index is 12.9. The molecule has 152 valence electrons. The molecule has 0 spiro atoms. The van der Waals surface area contributed by atoms with Gasteiger partial charge in [0.2, 0.25) is 12.7 Å². The van der Waals surface area contributed by atoms with Gasteiger partial charge in [0, 0.05) is 22.2 Å². The number of aryl methyl sites for hydroxylation is 2. The van der Waals surface area contributed by atoms with Crippen LogP contribution >= 0.6 is 11.3 Å². The number of carbonyl (C=O) groups excluding carboxylic acids is 2. The molecule has 2 aliphatic rings. The van der Waals surface area contributed by atoms with Gasteiger partial charge in [0.25, 0.3) is 5.91 Å². The molecule has 3 aromatic rings. The summed E-state index contributed by atoms with van der Waals surface area (Å²) in [6, 6.07) is 12.7. The molecule has 5 rings (SSSR count). The number of nitrogens with zero attached hydrogens (tertiary/aromatic N) is 1. The molecule has 1 aromatic heterocycles. The summed E-state index contributed by atoms with van der Waals surface area (Å²) in [7, 11) is 0. The van der Waals surface area contributed by atoms with Crippen LogP contribution in [0, 0.1) is 6.92 Å².